The predicted molar refractivity (Wildman–Crippen MR) is 74.9 cm³/mol. The van der Waals surface area contributed by atoms with Crippen LogP contribution in [0.1, 0.15) is 25.7 Å². The van der Waals surface area contributed by atoms with E-state index < -0.39 is 0 Å². The molecule has 0 bridgehead atoms. The first-order valence-corrected chi connectivity index (χ1v) is 7.83. The number of piperazine rings is 1. The topological polar surface area (TPSA) is 30.5 Å². The summed E-state index contributed by atoms with van der Waals surface area (Å²) in [6, 6.07) is 1.67. The van der Waals surface area contributed by atoms with Crippen LogP contribution < -0.4 is 10.6 Å². The molecule has 3 saturated heterocycles. The third-order valence-corrected chi connectivity index (χ3v) is 4.96. The molecule has 0 aromatic carbocycles. The fourth-order valence-electron chi connectivity index (χ4n) is 3.78. The summed E-state index contributed by atoms with van der Waals surface area (Å²) in [5.41, 5.74) is 0. The van der Waals surface area contributed by atoms with Crippen molar-refractivity contribution >= 4 is 0 Å². The maximum Gasteiger partial charge on any atom is 0.0222 e. The largest absolute Gasteiger partial charge is 0.317 e. The summed E-state index contributed by atoms with van der Waals surface area (Å²) in [5, 5.41) is 7.01. The van der Waals surface area contributed by atoms with Gasteiger partial charge in [0.25, 0.3) is 0 Å². The highest BCUT2D eigenvalue weighted by Crippen LogP contribution is 2.17. The zero-order chi connectivity index (χ0) is 12.2. The van der Waals surface area contributed by atoms with Crippen molar-refractivity contribution in [1.29, 1.82) is 0 Å². The Labute approximate surface area is 111 Å². The molecule has 3 aliphatic heterocycles. The third kappa shape index (κ3) is 3.05. The molecule has 0 saturated carbocycles. The van der Waals surface area contributed by atoms with Gasteiger partial charge in [-0.1, -0.05) is 0 Å². The van der Waals surface area contributed by atoms with Crippen LogP contribution >= 0.6 is 0 Å². The van der Waals surface area contributed by atoms with Crippen molar-refractivity contribution in [3.63, 3.8) is 0 Å². The Morgan fingerprint density at radius 1 is 0.667 bits per heavy atom. The number of nitrogens with one attached hydrogen (secondary N) is 2. The second-order valence-electron chi connectivity index (χ2n) is 6.05. The monoisotopic (exact) mass is 252 g/mol. The van der Waals surface area contributed by atoms with Crippen molar-refractivity contribution in [3.05, 3.63) is 0 Å². The highest BCUT2D eigenvalue weighted by Gasteiger charge is 2.28. The fraction of sp³-hybridized carbons (Fsp3) is 1.00. The van der Waals surface area contributed by atoms with Crippen LogP contribution in [0, 0.1) is 0 Å². The van der Waals surface area contributed by atoms with Gasteiger partial charge in [-0.15, -0.1) is 0 Å². The normalized spacial score (nSPS) is 33.7. The van der Waals surface area contributed by atoms with Crippen molar-refractivity contribution in [1.82, 2.24) is 20.4 Å². The van der Waals surface area contributed by atoms with Crippen LogP contribution in [0.4, 0.5) is 0 Å². The van der Waals surface area contributed by atoms with Gasteiger partial charge in [-0.3, -0.25) is 9.80 Å². The van der Waals surface area contributed by atoms with Gasteiger partial charge in [-0.05, 0) is 45.3 Å². The van der Waals surface area contributed by atoms with E-state index in [1.54, 1.807) is 0 Å². The molecule has 104 valence electrons. The molecular formula is C14H28N4. The SMILES string of the molecule is C1CNCC(N2CCN(C3CCNCC3)CC2)C1. The maximum atomic E-state index is 3.54. The first-order chi connectivity index (χ1) is 8.93. The molecular weight excluding hydrogens is 224 g/mol. The molecule has 0 aliphatic carbocycles. The number of piperidine rings is 2. The molecule has 4 nitrogen and oxygen atoms in total. The summed E-state index contributed by atoms with van der Waals surface area (Å²) in [6.07, 6.45) is 5.47. The van der Waals surface area contributed by atoms with Crippen molar-refractivity contribution in [2.24, 2.45) is 0 Å². The number of hydrogen-bond donors (Lipinski definition) is 2. The summed E-state index contributed by atoms with van der Waals surface area (Å²) in [4.78, 5) is 5.47. The van der Waals surface area contributed by atoms with E-state index >= 15 is 0 Å². The summed E-state index contributed by atoms with van der Waals surface area (Å²) in [5.74, 6) is 0. The van der Waals surface area contributed by atoms with E-state index in [0.717, 1.165) is 12.1 Å². The minimum absolute atomic E-state index is 0.814. The second kappa shape index (κ2) is 6.33. The van der Waals surface area contributed by atoms with Gasteiger partial charge in [-0.25, -0.2) is 0 Å². The van der Waals surface area contributed by atoms with Gasteiger partial charge < -0.3 is 10.6 Å². The van der Waals surface area contributed by atoms with Crippen molar-refractivity contribution in [2.75, 3.05) is 52.4 Å². The van der Waals surface area contributed by atoms with Gasteiger partial charge in [0, 0.05) is 44.8 Å². The van der Waals surface area contributed by atoms with Crippen molar-refractivity contribution in [3.8, 4) is 0 Å². The molecule has 4 heteroatoms. The molecule has 1 unspecified atom stereocenters. The lowest BCUT2D eigenvalue weighted by Gasteiger charge is -2.44. The Balaban J connectivity index is 1.45. The highest BCUT2D eigenvalue weighted by molar-refractivity contribution is 4.86. The molecule has 0 amide bonds. The van der Waals surface area contributed by atoms with Gasteiger partial charge in [0.15, 0.2) is 0 Å². The maximum absolute atomic E-state index is 3.54. The lowest BCUT2D eigenvalue weighted by molar-refractivity contribution is 0.0519. The van der Waals surface area contributed by atoms with Gasteiger partial charge in [0.1, 0.15) is 0 Å². The van der Waals surface area contributed by atoms with E-state index in [1.165, 1.54) is 78.0 Å². The summed E-state index contributed by atoms with van der Waals surface area (Å²) in [6.45, 7) is 10.0. The Hall–Kier alpha value is -0.160. The first kappa shape index (κ1) is 12.9. The minimum atomic E-state index is 0.814. The average Bonchev–Trinajstić information content (AvgIpc) is 2.49. The van der Waals surface area contributed by atoms with E-state index in [0.29, 0.717) is 0 Å². The Kier molecular flexibility index (Phi) is 4.52. The molecule has 18 heavy (non-hydrogen) atoms. The van der Waals surface area contributed by atoms with Gasteiger partial charge in [0.05, 0.1) is 0 Å². The molecule has 3 aliphatic rings. The van der Waals surface area contributed by atoms with E-state index in [1.807, 2.05) is 0 Å². The zero-order valence-electron chi connectivity index (χ0n) is 11.5. The quantitative estimate of drug-likeness (QED) is 0.730. The van der Waals surface area contributed by atoms with Crippen LogP contribution in [0.5, 0.6) is 0 Å². The second-order valence-corrected chi connectivity index (χ2v) is 6.05. The van der Waals surface area contributed by atoms with E-state index in [9.17, 15) is 0 Å². The molecule has 3 heterocycles. The predicted octanol–water partition coefficient (Wildman–Crippen LogP) is 0.108. The van der Waals surface area contributed by atoms with Gasteiger partial charge >= 0.3 is 0 Å². The van der Waals surface area contributed by atoms with Gasteiger partial charge in [-0.2, -0.15) is 0 Å². The summed E-state index contributed by atoms with van der Waals surface area (Å²) in [7, 11) is 0. The van der Waals surface area contributed by atoms with Crippen LogP contribution in [0.15, 0.2) is 0 Å². The van der Waals surface area contributed by atoms with E-state index in [2.05, 4.69) is 20.4 Å². The smallest absolute Gasteiger partial charge is 0.0222 e. The number of rotatable bonds is 2. The lowest BCUT2D eigenvalue weighted by Crippen LogP contribution is -2.57. The van der Waals surface area contributed by atoms with Crippen molar-refractivity contribution < 1.29 is 0 Å². The molecule has 0 spiro atoms. The first-order valence-electron chi connectivity index (χ1n) is 7.83. The molecule has 3 rings (SSSR count). The van der Waals surface area contributed by atoms with Crippen LogP contribution in [0.2, 0.25) is 0 Å². The molecule has 3 fully saturated rings. The summed E-state index contributed by atoms with van der Waals surface area (Å²) < 4.78 is 0. The van der Waals surface area contributed by atoms with E-state index in [-0.39, 0.29) is 0 Å². The molecule has 0 radical (unpaired) electrons. The van der Waals surface area contributed by atoms with Crippen LogP contribution in [0.3, 0.4) is 0 Å². The van der Waals surface area contributed by atoms with Crippen molar-refractivity contribution in [2.45, 2.75) is 37.8 Å². The molecule has 2 N–H and O–H groups in total. The number of nitrogens with zero attached hydrogens (tertiary/aromatic N) is 2. The Morgan fingerprint density at radius 3 is 1.94 bits per heavy atom. The van der Waals surface area contributed by atoms with Gasteiger partial charge in [0.2, 0.25) is 0 Å². The standard InChI is InChI=1S/C14H28N4/c1-2-14(12-16-5-1)18-10-8-17(9-11-18)13-3-6-15-7-4-13/h13-16H,1-12H2. The highest BCUT2D eigenvalue weighted by atomic mass is 15.3. The number of hydrogen-bond acceptors (Lipinski definition) is 4. The zero-order valence-corrected chi connectivity index (χ0v) is 11.5. The summed E-state index contributed by atoms with van der Waals surface area (Å²) >= 11 is 0. The van der Waals surface area contributed by atoms with Crippen LogP contribution in [-0.4, -0.2) is 74.2 Å². The minimum Gasteiger partial charge on any atom is -0.317 e. The fourth-order valence-corrected chi connectivity index (χ4v) is 3.78. The third-order valence-electron chi connectivity index (χ3n) is 4.96. The lowest BCUT2D eigenvalue weighted by atomic mass is 10.0. The molecule has 0 aromatic heterocycles. The molecule has 0 aromatic rings. The van der Waals surface area contributed by atoms with Crippen LogP contribution in [0.25, 0.3) is 0 Å². The van der Waals surface area contributed by atoms with Crippen LogP contribution in [-0.2, 0) is 0 Å². The van der Waals surface area contributed by atoms with E-state index in [4.69, 9.17) is 0 Å². The molecule has 1 atom stereocenters. The Bertz CT molecular complexity index is 212. The average molecular weight is 252 g/mol. The Morgan fingerprint density at radius 2 is 1.33 bits per heavy atom.